The summed E-state index contributed by atoms with van der Waals surface area (Å²) in [5.74, 6) is 0. The predicted molar refractivity (Wildman–Crippen MR) is 68.0 cm³/mol. The molecule has 1 N–H and O–H groups in total. The number of hydrogen-bond acceptors (Lipinski definition) is 4. The largest absolute Gasteiger partial charge is 0.308 e. The molecule has 0 spiro atoms. The van der Waals surface area contributed by atoms with Gasteiger partial charge in [0.2, 0.25) is 0 Å². The van der Waals surface area contributed by atoms with Crippen LogP contribution in [0.5, 0.6) is 0 Å². The number of pyridine rings is 1. The Hall–Kier alpha value is -1.75. The van der Waals surface area contributed by atoms with E-state index in [-0.39, 0.29) is 0 Å². The van der Waals surface area contributed by atoms with Crippen LogP contribution in [0.3, 0.4) is 0 Å². The molecule has 18 heavy (non-hydrogen) atoms. The fraction of sp³-hybridized carbons (Fsp3) is 0.462. The van der Waals surface area contributed by atoms with Gasteiger partial charge in [0.1, 0.15) is 0 Å². The van der Waals surface area contributed by atoms with E-state index >= 15 is 0 Å². The molecule has 2 aromatic rings. The first-order chi connectivity index (χ1) is 8.79. The van der Waals surface area contributed by atoms with E-state index in [4.69, 9.17) is 0 Å². The van der Waals surface area contributed by atoms with E-state index in [1.807, 2.05) is 36.0 Å². The summed E-state index contributed by atoms with van der Waals surface area (Å²) in [5, 5.41) is 11.7. The summed E-state index contributed by atoms with van der Waals surface area (Å²) in [7, 11) is 0. The molecule has 1 aliphatic rings. The van der Waals surface area contributed by atoms with Crippen molar-refractivity contribution in [3.05, 3.63) is 41.5 Å². The highest BCUT2D eigenvalue weighted by atomic mass is 15.4. The molecule has 1 saturated carbocycles. The second-order valence-corrected chi connectivity index (χ2v) is 4.83. The van der Waals surface area contributed by atoms with E-state index in [9.17, 15) is 0 Å². The van der Waals surface area contributed by atoms with Gasteiger partial charge in [-0.15, -0.1) is 5.10 Å². The Morgan fingerprint density at radius 3 is 3.00 bits per heavy atom. The molecule has 0 amide bonds. The summed E-state index contributed by atoms with van der Waals surface area (Å²) in [5.41, 5.74) is 3.04. The topological polar surface area (TPSA) is 55.6 Å². The Labute approximate surface area is 106 Å². The SMILES string of the molecule is Cc1cccc(Cn2cc(CNC3CC3)nn2)n1. The van der Waals surface area contributed by atoms with E-state index in [1.54, 1.807) is 0 Å². The molecule has 0 aromatic carbocycles. The molecule has 3 rings (SSSR count). The quantitative estimate of drug-likeness (QED) is 0.859. The van der Waals surface area contributed by atoms with Crippen LogP contribution >= 0.6 is 0 Å². The summed E-state index contributed by atoms with van der Waals surface area (Å²) >= 11 is 0. The van der Waals surface area contributed by atoms with E-state index in [2.05, 4.69) is 20.6 Å². The van der Waals surface area contributed by atoms with E-state index in [0.717, 1.165) is 23.6 Å². The average Bonchev–Trinajstić information content (AvgIpc) is 3.08. The highest BCUT2D eigenvalue weighted by Crippen LogP contribution is 2.18. The number of aromatic nitrogens is 4. The van der Waals surface area contributed by atoms with E-state index in [1.165, 1.54) is 12.8 Å². The van der Waals surface area contributed by atoms with Crippen molar-refractivity contribution in [1.29, 1.82) is 0 Å². The van der Waals surface area contributed by atoms with Gasteiger partial charge in [0.25, 0.3) is 0 Å². The predicted octanol–water partition coefficient (Wildman–Crippen LogP) is 1.28. The minimum Gasteiger partial charge on any atom is -0.308 e. The second kappa shape index (κ2) is 4.86. The lowest BCUT2D eigenvalue weighted by molar-refractivity contribution is 0.635. The van der Waals surface area contributed by atoms with Gasteiger partial charge in [0, 0.05) is 18.3 Å². The highest BCUT2D eigenvalue weighted by Gasteiger charge is 2.20. The molecule has 0 bridgehead atoms. The lowest BCUT2D eigenvalue weighted by Gasteiger charge is -2.01. The van der Waals surface area contributed by atoms with Gasteiger partial charge in [-0.2, -0.15) is 0 Å². The molecule has 94 valence electrons. The van der Waals surface area contributed by atoms with Crippen molar-refractivity contribution in [2.24, 2.45) is 0 Å². The Morgan fingerprint density at radius 1 is 1.33 bits per heavy atom. The third-order valence-electron chi connectivity index (χ3n) is 3.01. The molecule has 2 aromatic heterocycles. The minimum atomic E-state index is 0.679. The van der Waals surface area contributed by atoms with Crippen molar-refractivity contribution in [2.45, 2.75) is 38.9 Å². The van der Waals surface area contributed by atoms with Crippen LogP contribution in [0.2, 0.25) is 0 Å². The zero-order valence-electron chi connectivity index (χ0n) is 10.5. The maximum absolute atomic E-state index is 4.46. The third-order valence-corrected chi connectivity index (χ3v) is 3.01. The van der Waals surface area contributed by atoms with Crippen molar-refractivity contribution >= 4 is 0 Å². The normalized spacial score (nSPS) is 14.9. The Bertz CT molecular complexity index is 530. The number of hydrogen-bond donors (Lipinski definition) is 1. The molecule has 5 nitrogen and oxygen atoms in total. The van der Waals surface area contributed by atoms with Crippen molar-refractivity contribution in [3.8, 4) is 0 Å². The number of nitrogens with zero attached hydrogens (tertiary/aromatic N) is 4. The average molecular weight is 243 g/mol. The van der Waals surface area contributed by atoms with Gasteiger partial charge in [-0.3, -0.25) is 4.98 Å². The van der Waals surface area contributed by atoms with Gasteiger partial charge >= 0.3 is 0 Å². The lowest BCUT2D eigenvalue weighted by Crippen LogP contribution is -2.15. The summed E-state index contributed by atoms with van der Waals surface area (Å²) in [6.45, 7) is 3.49. The fourth-order valence-corrected chi connectivity index (χ4v) is 1.89. The zero-order chi connectivity index (χ0) is 12.4. The van der Waals surface area contributed by atoms with E-state index in [0.29, 0.717) is 12.6 Å². The molecule has 0 saturated heterocycles. The van der Waals surface area contributed by atoms with Crippen molar-refractivity contribution in [1.82, 2.24) is 25.3 Å². The number of aryl methyl sites for hydroxylation is 1. The van der Waals surface area contributed by atoms with Crippen LogP contribution < -0.4 is 5.32 Å². The number of rotatable bonds is 5. The van der Waals surface area contributed by atoms with Crippen LogP contribution in [-0.4, -0.2) is 26.0 Å². The van der Waals surface area contributed by atoms with Crippen LogP contribution in [0, 0.1) is 6.92 Å². The Kier molecular flexibility index (Phi) is 3.06. The first-order valence-corrected chi connectivity index (χ1v) is 6.34. The molecule has 1 aliphatic carbocycles. The van der Waals surface area contributed by atoms with Crippen LogP contribution in [-0.2, 0) is 13.1 Å². The van der Waals surface area contributed by atoms with Crippen LogP contribution in [0.15, 0.2) is 24.4 Å². The molecule has 0 atom stereocenters. The summed E-state index contributed by atoms with van der Waals surface area (Å²) < 4.78 is 1.84. The molecular weight excluding hydrogens is 226 g/mol. The van der Waals surface area contributed by atoms with Gasteiger partial charge in [0.15, 0.2) is 0 Å². The maximum Gasteiger partial charge on any atom is 0.0965 e. The summed E-state index contributed by atoms with van der Waals surface area (Å²) in [6, 6.07) is 6.73. The molecular formula is C13H17N5. The fourth-order valence-electron chi connectivity index (χ4n) is 1.89. The van der Waals surface area contributed by atoms with Gasteiger partial charge < -0.3 is 5.32 Å². The van der Waals surface area contributed by atoms with Crippen molar-refractivity contribution in [3.63, 3.8) is 0 Å². The van der Waals surface area contributed by atoms with Crippen LogP contribution in [0.1, 0.15) is 29.9 Å². The highest BCUT2D eigenvalue weighted by molar-refractivity contribution is 5.10. The molecule has 1 fully saturated rings. The van der Waals surface area contributed by atoms with Crippen molar-refractivity contribution in [2.75, 3.05) is 0 Å². The number of nitrogens with one attached hydrogen (secondary N) is 1. The van der Waals surface area contributed by atoms with Gasteiger partial charge in [-0.1, -0.05) is 11.3 Å². The van der Waals surface area contributed by atoms with Crippen molar-refractivity contribution < 1.29 is 0 Å². The van der Waals surface area contributed by atoms with Crippen LogP contribution in [0.25, 0.3) is 0 Å². The third kappa shape index (κ3) is 2.92. The zero-order valence-corrected chi connectivity index (χ0v) is 10.5. The van der Waals surface area contributed by atoms with Gasteiger partial charge in [0.05, 0.1) is 24.1 Å². The Balaban J connectivity index is 1.61. The summed E-state index contributed by atoms with van der Waals surface area (Å²) in [4.78, 5) is 4.46. The second-order valence-electron chi connectivity index (χ2n) is 4.83. The van der Waals surface area contributed by atoms with Gasteiger partial charge in [-0.25, -0.2) is 4.68 Å². The van der Waals surface area contributed by atoms with Gasteiger partial charge in [-0.05, 0) is 31.9 Å². The smallest absolute Gasteiger partial charge is 0.0965 e. The molecule has 0 radical (unpaired) electrons. The minimum absolute atomic E-state index is 0.679. The molecule has 2 heterocycles. The van der Waals surface area contributed by atoms with E-state index < -0.39 is 0 Å². The van der Waals surface area contributed by atoms with Crippen LogP contribution in [0.4, 0.5) is 0 Å². The molecule has 5 heteroatoms. The monoisotopic (exact) mass is 243 g/mol. The standard InChI is InChI=1S/C13H17N5/c1-10-3-2-4-12(15-10)8-18-9-13(16-17-18)7-14-11-5-6-11/h2-4,9,11,14H,5-8H2,1H3. The first kappa shape index (κ1) is 11.3. The molecule has 0 aliphatic heterocycles. The molecule has 0 unspecified atom stereocenters. The summed E-state index contributed by atoms with van der Waals surface area (Å²) in [6.07, 6.45) is 4.57. The maximum atomic E-state index is 4.46. The Morgan fingerprint density at radius 2 is 2.22 bits per heavy atom. The lowest BCUT2D eigenvalue weighted by atomic mass is 10.3. The first-order valence-electron chi connectivity index (χ1n) is 6.34.